The summed E-state index contributed by atoms with van der Waals surface area (Å²) in [5.74, 6) is 0.310. The zero-order valence-electron chi connectivity index (χ0n) is 12.9. The summed E-state index contributed by atoms with van der Waals surface area (Å²) in [7, 11) is 1.67. The van der Waals surface area contributed by atoms with Gasteiger partial charge in [-0.1, -0.05) is 23.4 Å². The standard InChI is InChI=1S/C14H18ClN5O2S/c1-10(13(21)18-12-5-4-11(15)8-16-12)23-14-19-17-9-20(14)6-3-7-22-2/h4-5,8-10H,3,6-7H2,1-2H3,(H,16,18,21). The Morgan fingerprint density at radius 1 is 1.52 bits per heavy atom. The van der Waals surface area contributed by atoms with Crippen molar-refractivity contribution in [3.8, 4) is 0 Å². The molecule has 0 aliphatic heterocycles. The predicted octanol–water partition coefficient (Wildman–Crippen LogP) is 2.48. The van der Waals surface area contributed by atoms with Crippen LogP contribution < -0.4 is 5.32 Å². The molecule has 0 aliphatic carbocycles. The van der Waals surface area contributed by atoms with Crippen LogP contribution in [0.4, 0.5) is 5.82 Å². The molecule has 0 saturated heterocycles. The van der Waals surface area contributed by atoms with Gasteiger partial charge in [0.2, 0.25) is 5.91 Å². The summed E-state index contributed by atoms with van der Waals surface area (Å²) in [4.78, 5) is 16.3. The van der Waals surface area contributed by atoms with Gasteiger partial charge in [-0.25, -0.2) is 4.98 Å². The summed E-state index contributed by atoms with van der Waals surface area (Å²) in [5.41, 5.74) is 0. The van der Waals surface area contributed by atoms with Crippen molar-refractivity contribution in [2.24, 2.45) is 0 Å². The third-order valence-electron chi connectivity index (χ3n) is 2.96. The average molecular weight is 356 g/mol. The number of methoxy groups -OCH3 is 1. The lowest BCUT2D eigenvalue weighted by Gasteiger charge is -2.12. The molecule has 0 spiro atoms. The summed E-state index contributed by atoms with van der Waals surface area (Å²) in [6.45, 7) is 3.22. The Kier molecular flexibility index (Phi) is 6.82. The van der Waals surface area contributed by atoms with Crippen LogP contribution >= 0.6 is 23.4 Å². The second-order valence-electron chi connectivity index (χ2n) is 4.76. The monoisotopic (exact) mass is 355 g/mol. The molecule has 0 aromatic carbocycles. The number of ether oxygens (including phenoxy) is 1. The van der Waals surface area contributed by atoms with Crippen molar-refractivity contribution in [2.45, 2.75) is 30.3 Å². The summed E-state index contributed by atoms with van der Waals surface area (Å²) in [6.07, 6.45) is 4.00. The van der Waals surface area contributed by atoms with E-state index in [2.05, 4.69) is 20.5 Å². The molecular weight excluding hydrogens is 338 g/mol. The first-order valence-electron chi connectivity index (χ1n) is 7.06. The van der Waals surface area contributed by atoms with Gasteiger partial charge in [0.25, 0.3) is 0 Å². The number of carbonyl (C=O) groups excluding carboxylic acids is 1. The Morgan fingerprint density at radius 2 is 2.35 bits per heavy atom. The SMILES string of the molecule is COCCCn1cnnc1SC(C)C(=O)Nc1ccc(Cl)cn1. The Labute approximate surface area is 143 Å². The highest BCUT2D eigenvalue weighted by molar-refractivity contribution is 8.00. The zero-order chi connectivity index (χ0) is 16.7. The molecular formula is C14H18ClN5O2S. The van der Waals surface area contributed by atoms with Gasteiger partial charge in [-0.05, 0) is 25.5 Å². The molecule has 1 atom stereocenters. The van der Waals surface area contributed by atoms with Gasteiger partial charge in [-0.3, -0.25) is 4.79 Å². The van der Waals surface area contributed by atoms with E-state index in [-0.39, 0.29) is 11.2 Å². The first kappa shape index (κ1) is 17.7. The van der Waals surface area contributed by atoms with Gasteiger partial charge < -0.3 is 14.6 Å². The third kappa shape index (κ3) is 5.49. The lowest BCUT2D eigenvalue weighted by atomic mass is 10.4. The first-order valence-corrected chi connectivity index (χ1v) is 8.31. The number of nitrogens with zero attached hydrogens (tertiary/aromatic N) is 4. The van der Waals surface area contributed by atoms with Gasteiger partial charge in [-0.15, -0.1) is 10.2 Å². The van der Waals surface area contributed by atoms with Crippen molar-refractivity contribution < 1.29 is 9.53 Å². The maximum Gasteiger partial charge on any atom is 0.238 e. The quantitative estimate of drug-likeness (QED) is 0.578. The minimum absolute atomic E-state index is 0.156. The second kappa shape index (κ2) is 8.85. The maximum atomic E-state index is 12.2. The molecule has 1 amide bonds. The van der Waals surface area contributed by atoms with Crippen LogP contribution in [-0.2, 0) is 16.1 Å². The lowest BCUT2D eigenvalue weighted by molar-refractivity contribution is -0.115. The topological polar surface area (TPSA) is 81.9 Å². The number of pyridine rings is 1. The summed E-state index contributed by atoms with van der Waals surface area (Å²) in [5, 5.41) is 11.6. The predicted molar refractivity (Wildman–Crippen MR) is 89.7 cm³/mol. The Morgan fingerprint density at radius 3 is 3.04 bits per heavy atom. The van der Waals surface area contributed by atoms with E-state index in [0.717, 1.165) is 13.0 Å². The fraction of sp³-hybridized carbons (Fsp3) is 0.429. The molecule has 1 unspecified atom stereocenters. The van der Waals surface area contributed by atoms with Crippen molar-refractivity contribution in [3.63, 3.8) is 0 Å². The third-order valence-corrected chi connectivity index (χ3v) is 4.28. The largest absolute Gasteiger partial charge is 0.385 e. The molecule has 1 N–H and O–H groups in total. The van der Waals surface area contributed by atoms with Crippen LogP contribution in [0.1, 0.15) is 13.3 Å². The van der Waals surface area contributed by atoms with Crippen LogP contribution in [-0.4, -0.2) is 44.6 Å². The number of nitrogens with one attached hydrogen (secondary N) is 1. The molecule has 2 aromatic heterocycles. The summed E-state index contributed by atoms with van der Waals surface area (Å²) in [6, 6.07) is 3.33. The van der Waals surface area contributed by atoms with E-state index in [1.807, 2.05) is 11.5 Å². The number of rotatable bonds is 8. The molecule has 9 heteroatoms. The number of aryl methyl sites for hydroxylation is 1. The normalized spacial score (nSPS) is 12.1. The lowest BCUT2D eigenvalue weighted by Crippen LogP contribution is -2.23. The van der Waals surface area contributed by atoms with Gasteiger partial charge >= 0.3 is 0 Å². The van der Waals surface area contributed by atoms with E-state index in [1.54, 1.807) is 25.6 Å². The molecule has 23 heavy (non-hydrogen) atoms. The number of hydrogen-bond acceptors (Lipinski definition) is 6. The Hall–Kier alpha value is -1.64. The zero-order valence-corrected chi connectivity index (χ0v) is 14.5. The fourth-order valence-electron chi connectivity index (χ4n) is 1.76. The number of anilines is 1. The van der Waals surface area contributed by atoms with E-state index >= 15 is 0 Å². The number of aromatic nitrogens is 4. The van der Waals surface area contributed by atoms with Crippen LogP contribution in [0.25, 0.3) is 0 Å². The highest BCUT2D eigenvalue weighted by atomic mass is 35.5. The smallest absolute Gasteiger partial charge is 0.238 e. The van der Waals surface area contributed by atoms with Crippen molar-refractivity contribution >= 4 is 35.1 Å². The van der Waals surface area contributed by atoms with E-state index in [9.17, 15) is 4.79 Å². The maximum absolute atomic E-state index is 12.2. The highest BCUT2D eigenvalue weighted by Crippen LogP contribution is 2.22. The molecule has 0 aliphatic rings. The molecule has 0 radical (unpaired) electrons. The fourth-order valence-corrected chi connectivity index (χ4v) is 2.72. The number of amides is 1. The van der Waals surface area contributed by atoms with Crippen molar-refractivity contribution in [1.29, 1.82) is 0 Å². The first-order chi connectivity index (χ1) is 11.1. The number of carbonyl (C=O) groups is 1. The average Bonchev–Trinajstić information content (AvgIpc) is 2.97. The van der Waals surface area contributed by atoms with Crippen LogP contribution in [0.5, 0.6) is 0 Å². The van der Waals surface area contributed by atoms with Crippen LogP contribution in [0.3, 0.4) is 0 Å². The van der Waals surface area contributed by atoms with Crippen LogP contribution in [0, 0.1) is 0 Å². The molecule has 0 fully saturated rings. The van der Waals surface area contributed by atoms with Crippen molar-refractivity contribution in [2.75, 3.05) is 19.0 Å². The van der Waals surface area contributed by atoms with Crippen LogP contribution in [0.2, 0.25) is 5.02 Å². The van der Waals surface area contributed by atoms with Gasteiger partial charge in [-0.2, -0.15) is 0 Å². The van der Waals surface area contributed by atoms with Crippen LogP contribution in [0.15, 0.2) is 29.8 Å². The molecule has 124 valence electrons. The Balaban J connectivity index is 1.90. The van der Waals surface area contributed by atoms with Gasteiger partial charge in [0.05, 0.1) is 10.3 Å². The van der Waals surface area contributed by atoms with Gasteiger partial charge in [0.15, 0.2) is 5.16 Å². The van der Waals surface area contributed by atoms with Gasteiger partial charge in [0, 0.05) is 26.5 Å². The minimum atomic E-state index is -0.335. The van der Waals surface area contributed by atoms with E-state index < -0.39 is 0 Å². The molecule has 0 bridgehead atoms. The molecule has 0 saturated carbocycles. The number of halogens is 1. The molecule has 2 heterocycles. The number of hydrogen-bond donors (Lipinski definition) is 1. The van der Waals surface area contributed by atoms with Crippen molar-refractivity contribution in [1.82, 2.24) is 19.7 Å². The van der Waals surface area contributed by atoms with E-state index in [4.69, 9.17) is 16.3 Å². The molecule has 7 nitrogen and oxygen atoms in total. The minimum Gasteiger partial charge on any atom is -0.385 e. The molecule has 2 rings (SSSR count). The second-order valence-corrected chi connectivity index (χ2v) is 6.51. The highest BCUT2D eigenvalue weighted by Gasteiger charge is 2.18. The van der Waals surface area contributed by atoms with E-state index in [1.165, 1.54) is 18.0 Å². The van der Waals surface area contributed by atoms with Gasteiger partial charge in [0.1, 0.15) is 12.1 Å². The molecule has 2 aromatic rings. The summed E-state index contributed by atoms with van der Waals surface area (Å²) < 4.78 is 6.94. The summed E-state index contributed by atoms with van der Waals surface area (Å²) >= 11 is 7.12. The van der Waals surface area contributed by atoms with E-state index in [0.29, 0.717) is 22.6 Å². The number of thioether (sulfide) groups is 1. The Bertz CT molecular complexity index is 634. The van der Waals surface area contributed by atoms with Crippen molar-refractivity contribution in [3.05, 3.63) is 29.7 Å².